The zero-order chi connectivity index (χ0) is 20.1. The van der Waals surface area contributed by atoms with E-state index in [1.54, 1.807) is 6.33 Å². The van der Waals surface area contributed by atoms with E-state index in [1.807, 2.05) is 24.8 Å². The number of H-pyrrole nitrogens is 1. The van der Waals surface area contributed by atoms with Gasteiger partial charge in [0, 0.05) is 26.2 Å². The second kappa shape index (κ2) is 8.51. The highest BCUT2D eigenvalue weighted by Gasteiger charge is 2.24. The van der Waals surface area contributed by atoms with Crippen LogP contribution in [0.25, 0.3) is 11.2 Å². The zero-order valence-electron chi connectivity index (χ0n) is 15.8. The highest BCUT2D eigenvalue weighted by Crippen LogP contribution is 2.22. The maximum absolute atomic E-state index is 12.8. The smallest absolute Gasteiger partial charge is 0.290 e. The number of fused-ring (bicyclic) bond motifs is 1. The number of amides is 1. The minimum Gasteiger partial charge on any atom is -0.483 e. The predicted octanol–water partition coefficient (Wildman–Crippen LogP) is 1.62. The third kappa shape index (κ3) is 3.95. The highest BCUT2D eigenvalue weighted by molar-refractivity contribution is 5.95. The first kappa shape index (κ1) is 19.3. The molecule has 28 heavy (non-hydrogen) atoms. The van der Waals surface area contributed by atoms with E-state index in [0.29, 0.717) is 30.1 Å². The van der Waals surface area contributed by atoms with Gasteiger partial charge in [0.25, 0.3) is 12.4 Å². The van der Waals surface area contributed by atoms with Crippen molar-refractivity contribution in [3.63, 3.8) is 0 Å². The summed E-state index contributed by atoms with van der Waals surface area (Å²) in [5.74, 6) is 2.32. The molecule has 2 N–H and O–H groups in total. The standard InChI is InChI=1S/C17H20N6O2.CH2O2/c1-11-8-13(12(2)25-11)17(24)23-5-3-4-22(6-7-23)16-14-15(19-9-18-14)20-10-21-16;2-1-3/h8-10H,3-7H2,1-2H3,(H,18,19,20,21);1H,(H,2,3). The second-order valence-electron chi connectivity index (χ2n) is 6.36. The summed E-state index contributed by atoms with van der Waals surface area (Å²) in [6.07, 6.45) is 4.03. The van der Waals surface area contributed by atoms with Crippen LogP contribution in [0.15, 0.2) is 23.1 Å². The third-order valence-corrected chi connectivity index (χ3v) is 4.56. The zero-order valence-corrected chi connectivity index (χ0v) is 15.8. The Labute approximate surface area is 161 Å². The van der Waals surface area contributed by atoms with E-state index >= 15 is 0 Å². The number of nitrogens with zero attached hydrogens (tertiary/aromatic N) is 5. The Kier molecular flexibility index (Phi) is 5.87. The summed E-state index contributed by atoms with van der Waals surface area (Å²) in [5, 5.41) is 6.89. The molecule has 1 aliphatic heterocycles. The molecule has 1 aliphatic rings. The van der Waals surface area contributed by atoms with Gasteiger partial charge in [-0.25, -0.2) is 15.0 Å². The second-order valence-corrected chi connectivity index (χ2v) is 6.36. The Morgan fingerprint density at radius 2 is 2.00 bits per heavy atom. The Balaban J connectivity index is 0.000000706. The number of hydrogen-bond acceptors (Lipinski definition) is 7. The summed E-state index contributed by atoms with van der Waals surface area (Å²) >= 11 is 0. The normalized spacial score (nSPS) is 14.4. The van der Waals surface area contributed by atoms with Gasteiger partial charge in [0.2, 0.25) is 0 Å². The molecular formula is C18H22N6O4. The van der Waals surface area contributed by atoms with Crippen LogP contribution in [-0.2, 0) is 4.79 Å². The molecule has 0 aromatic carbocycles. The number of anilines is 1. The predicted molar refractivity (Wildman–Crippen MR) is 101 cm³/mol. The Morgan fingerprint density at radius 1 is 1.21 bits per heavy atom. The maximum atomic E-state index is 12.8. The van der Waals surface area contributed by atoms with Crippen molar-refractivity contribution in [3.05, 3.63) is 35.8 Å². The molecule has 4 rings (SSSR count). The van der Waals surface area contributed by atoms with Crippen molar-refractivity contribution in [2.45, 2.75) is 20.3 Å². The van der Waals surface area contributed by atoms with E-state index in [1.165, 1.54) is 6.33 Å². The minimum atomic E-state index is -0.250. The van der Waals surface area contributed by atoms with Gasteiger partial charge in [0.05, 0.1) is 11.9 Å². The summed E-state index contributed by atoms with van der Waals surface area (Å²) in [7, 11) is 0. The van der Waals surface area contributed by atoms with Crippen molar-refractivity contribution in [2.24, 2.45) is 0 Å². The van der Waals surface area contributed by atoms with Gasteiger partial charge in [-0.3, -0.25) is 9.59 Å². The molecule has 1 fully saturated rings. The maximum Gasteiger partial charge on any atom is 0.290 e. The summed E-state index contributed by atoms with van der Waals surface area (Å²) in [6, 6.07) is 1.82. The Bertz CT molecular complexity index is 966. The van der Waals surface area contributed by atoms with E-state index in [-0.39, 0.29) is 12.4 Å². The molecule has 0 saturated carbocycles. The fourth-order valence-electron chi connectivity index (χ4n) is 3.34. The van der Waals surface area contributed by atoms with E-state index in [4.69, 9.17) is 14.3 Å². The van der Waals surface area contributed by atoms with Crippen LogP contribution in [0.4, 0.5) is 5.82 Å². The number of carbonyl (C=O) groups is 2. The molecule has 3 aromatic heterocycles. The van der Waals surface area contributed by atoms with Gasteiger partial charge >= 0.3 is 0 Å². The number of aromatic amines is 1. The first-order valence-electron chi connectivity index (χ1n) is 8.88. The lowest BCUT2D eigenvalue weighted by Gasteiger charge is -2.22. The first-order valence-corrected chi connectivity index (χ1v) is 8.88. The molecule has 10 nitrogen and oxygen atoms in total. The fraction of sp³-hybridized carbons (Fsp3) is 0.389. The largest absolute Gasteiger partial charge is 0.483 e. The molecule has 1 amide bonds. The minimum absolute atomic E-state index is 0.0329. The van der Waals surface area contributed by atoms with Crippen LogP contribution in [0, 0.1) is 13.8 Å². The van der Waals surface area contributed by atoms with E-state index in [9.17, 15) is 4.79 Å². The number of aromatic nitrogens is 4. The van der Waals surface area contributed by atoms with E-state index < -0.39 is 0 Å². The molecule has 0 radical (unpaired) electrons. The molecule has 0 spiro atoms. The number of nitrogens with one attached hydrogen (secondary N) is 1. The monoisotopic (exact) mass is 386 g/mol. The van der Waals surface area contributed by atoms with Crippen LogP contribution in [-0.4, -0.2) is 68.5 Å². The molecule has 0 unspecified atom stereocenters. The number of aryl methyl sites for hydroxylation is 2. The molecule has 4 heterocycles. The van der Waals surface area contributed by atoms with E-state index in [0.717, 1.165) is 36.6 Å². The van der Waals surface area contributed by atoms with Gasteiger partial charge in [0.15, 0.2) is 11.5 Å². The summed E-state index contributed by atoms with van der Waals surface area (Å²) in [6.45, 7) is 6.35. The van der Waals surface area contributed by atoms with Crippen LogP contribution >= 0.6 is 0 Å². The van der Waals surface area contributed by atoms with Crippen LogP contribution < -0.4 is 4.90 Å². The molecule has 3 aromatic rings. The Morgan fingerprint density at radius 3 is 2.71 bits per heavy atom. The summed E-state index contributed by atoms with van der Waals surface area (Å²) in [4.78, 5) is 41.1. The average molecular weight is 386 g/mol. The van der Waals surface area contributed by atoms with Crippen molar-refractivity contribution in [1.29, 1.82) is 0 Å². The lowest BCUT2D eigenvalue weighted by molar-refractivity contribution is -0.122. The lowest BCUT2D eigenvalue weighted by atomic mass is 10.2. The molecule has 0 bridgehead atoms. The first-order chi connectivity index (χ1) is 13.5. The summed E-state index contributed by atoms with van der Waals surface area (Å²) < 4.78 is 5.50. The van der Waals surface area contributed by atoms with Crippen LogP contribution in [0.3, 0.4) is 0 Å². The van der Waals surface area contributed by atoms with Crippen molar-refractivity contribution < 1.29 is 19.1 Å². The van der Waals surface area contributed by atoms with Gasteiger partial charge in [-0.15, -0.1) is 0 Å². The third-order valence-electron chi connectivity index (χ3n) is 4.56. The molecule has 1 saturated heterocycles. The number of hydrogen-bond donors (Lipinski definition) is 2. The SMILES string of the molecule is Cc1cc(C(=O)N2CCCN(c3ncnc4nc[nH]c34)CC2)c(C)o1.O=CO. The Hall–Kier alpha value is -3.43. The number of furan rings is 1. The molecule has 148 valence electrons. The van der Waals surface area contributed by atoms with Crippen molar-refractivity contribution >= 4 is 29.4 Å². The summed E-state index contributed by atoms with van der Waals surface area (Å²) in [5.41, 5.74) is 2.15. The topological polar surface area (TPSA) is 128 Å². The van der Waals surface area contributed by atoms with Crippen LogP contribution in [0.5, 0.6) is 0 Å². The molecule has 0 aliphatic carbocycles. The van der Waals surface area contributed by atoms with Crippen LogP contribution in [0.2, 0.25) is 0 Å². The quantitative estimate of drug-likeness (QED) is 0.636. The highest BCUT2D eigenvalue weighted by atomic mass is 16.3. The molecule has 0 atom stereocenters. The molecular weight excluding hydrogens is 364 g/mol. The van der Waals surface area contributed by atoms with Crippen molar-refractivity contribution in [1.82, 2.24) is 24.8 Å². The number of rotatable bonds is 2. The van der Waals surface area contributed by atoms with Crippen LogP contribution in [0.1, 0.15) is 28.3 Å². The van der Waals surface area contributed by atoms with Gasteiger partial charge in [-0.1, -0.05) is 0 Å². The average Bonchev–Trinajstić information content (AvgIpc) is 3.20. The molecule has 10 heteroatoms. The van der Waals surface area contributed by atoms with Gasteiger partial charge < -0.3 is 24.3 Å². The fourth-order valence-corrected chi connectivity index (χ4v) is 3.34. The van der Waals surface area contributed by atoms with Crippen molar-refractivity contribution in [3.8, 4) is 0 Å². The number of carbonyl (C=O) groups excluding carboxylic acids is 1. The van der Waals surface area contributed by atoms with Gasteiger partial charge in [-0.2, -0.15) is 0 Å². The van der Waals surface area contributed by atoms with E-state index in [2.05, 4.69) is 24.8 Å². The van der Waals surface area contributed by atoms with Crippen molar-refractivity contribution in [2.75, 3.05) is 31.1 Å². The lowest BCUT2D eigenvalue weighted by Crippen LogP contribution is -2.35. The number of imidazole rings is 1. The van der Waals surface area contributed by atoms with Gasteiger partial charge in [0.1, 0.15) is 23.4 Å². The van der Waals surface area contributed by atoms with Gasteiger partial charge in [-0.05, 0) is 26.3 Å². The number of carboxylic acid groups (broad SMARTS) is 1.